The van der Waals surface area contributed by atoms with E-state index < -0.39 is 10.0 Å². The smallest absolute Gasteiger partial charge is 0.219 e. The Morgan fingerprint density at radius 2 is 1.86 bits per heavy atom. The number of rotatable bonds is 5. The zero-order valence-electron chi connectivity index (χ0n) is 12.3. The first kappa shape index (κ1) is 20.2. The first-order chi connectivity index (χ1) is 9.36. The van der Waals surface area contributed by atoms with Crippen LogP contribution in [-0.2, 0) is 34.3 Å². The van der Waals surface area contributed by atoms with E-state index in [1.165, 1.54) is 13.0 Å². The maximum atomic E-state index is 12.0. The standard InChI is InChI=1S/C14H21N2O3S.Rh/c1-4-5-6-7-12(2)20(18,19)15-14-8-10-16(11-9-14)13(3)17;/h4-7,14H,2,8-11H2,1,3H3;/q-1;/b5-4-,7-6-;. The average Bonchev–Trinajstić information content (AvgIpc) is 2.39. The zero-order valence-corrected chi connectivity index (χ0v) is 14.7. The van der Waals surface area contributed by atoms with Crippen molar-refractivity contribution < 1.29 is 32.7 Å². The molecule has 1 radical (unpaired) electrons. The van der Waals surface area contributed by atoms with Gasteiger partial charge in [-0.05, 0) is 13.0 Å². The van der Waals surface area contributed by atoms with Crippen molar-refractivity contribution in [2.45, 2.75) is 32.7 Å². The number of carbonyl (C=O) groups is 1. The summed E-state index contributed by atoms with van der Waals surface area (Å²) in [6.07, 6.45) is 7.73. The van der Waals surface area contributed by atoms with Crippen LogP contribution in [0.1, 0.15) is 26.7 Å². The van der Waals surface area contributed by atoms with Crippen molar-refractivity contribution in [3.8, 4) is 0 Å². The minimum atomic E-state index is -3.67. The summed E-state index contributed by atoms with van der Waals surface area (Å²) in [6, 6.07) is -0.262. The number of sulfonamides is 1. The number of carbonyl (C=O) groups excluding carboxylic acids is 1. The molecule has 0 aromatic carbocycles. The van der Waals surface area contributed by atoms with Crippen molar-refractivity contribution in [3.63, 3.8) is 0 Å². The van der Waals surface area contributed by atoms with E-state index in [2.05, 4.69) is 11.3 Å². The quantitative estimate of drug-likeness (QED) is 0.526. The van der Waals surface area contributed by atoms with Gasteiger partial charge in [0.15, 0.2) is 0 Å². The van der Waals surface area contributed by atoms with Crippen LogP contribution in [0.15, 0.2) is 35.8 Å². The van der Waals surface area contributed by atoms with E-state index in [1.54, 1.807) is 23.1 Å². The molecule has 5 nitrogen and oxygen atoms in total. The average molecular weight is 400 g/mol. The second-order valence-corrected chi connectivity index (χ2v) is 6.35. The summed E-state index contributed by atoms with van der Waals surface area (Å²) in [5.41, 5.74) is 0. The Labute approximate surface area is 140 Å². The third-order valence-electron chi connectivity index (χ3n) is 3.11. The third-order valence-corrected chi connectivity index (χ3v) is 4.49. The number of allylic oxidation sites excluding steroid dienone is 4. The minimum absolute atomic E-state index is 0. The molecule has 0 spiro atoms. The van der Waals surface area contributed by atoms with Gasteiger partial charge in [0.05, 0.1) is 0 Å². The van der Waals surface area contributed by atoms with Gasteiger partial charge in [0.1, 0.15) is 10.0 Å². The molecule has 0 aliphatic carbocycles. The second-order valence-electron chi connectivity index (χ2n) is 4.67. The second kappa shape index (κ2) is 9.28. The summed E-state index contributed by atoms with van der Waals surface area (Å²) in [6.45, 7) is 8.01. The number of hydrogen-bond acceptors (Lipinski definition) is 3. The molecular weight excluding hydrogens is 379 g/mol. The van der Waals surface area contributed by atoms with Crippen LogP contribution in [0.4, 0.5) is 0 Å². The molecule has 0 N–H and O–H groups in total. The molecular formula is C14H21N2O3RhS-. The van der Waals surface area contributed by atoms with E-state index in [4.69, 9.17) is 0 Å². The number of nitrogens with zero attached hydrogens (tertiary/aromatic N) is 2. The predicted molar refractivity (Wildman–Crippen MR) is 80.6 cm³/mol. The number of amides is 1. The molecule has 1 aliphatic rings. The Hall–Kier alpha value is -0.777. The van der Waals surface area contributed by atoms with Gasteiger partial charge < -0.3 is 9.62 Å². The molecule has 0 atom stereocenters. The molecule has 7 heteroatoms. The summed E-state index contributed by atoms with van der Waals surface area (Å²) in [4.78, 5) is 12.9. The van der Waals surface area contributed by atoms with E-state index in [1.807, 2.05) is 6.92 Å². The Morgan fingerprint density at radius 1 is 1.29 bits per heavy atom. The maximum absolute atomic E-state index is 12.0. The Balaban J connectivity index is 0.00000400. The van der Waals surface area contributed by atoms with Crippen molar-refractivity contribution >= 4 is 15.9 Å². The van der Waals surface area contributed by atoms with Crippen molar-refractivity contribution in [1.29, 1.82) is 0 Å². The minimum Gasteiger partial charge on any atom is -0.542 e. The molecule has 0 aromatic heterocycles. The third kappa shape index (κ3) is 6.68. The molecule has 0 bridgehead atoms. The van der Waals surface area contributed by atoms with Crippen LogP contribution in [0, 0.1) is 0 Å². The first-order valence-corrected chi connectivity index (χ1v) is 8.01. The van der Waals surface area contributed by atoms with Gasteiger partial charge in [-0.3, -0.25) is 4.79 Å². The SMILES string of the molecule is C=C(/C=C\C=C/C)S(=O)(=O)[N-]C1CCN(C(C)=O)CC1.[Rh]. The van der Waals surface area contributed by atoms with Crippen LogP contribution in [0.25, 0.3) is 4.72 Å². The molecule has 1 amide bonds. The van der Waals surface area contributed by atoms with Crippen molar-refractivity contribution in [1.82, 2.24) is 4.90 Å². The van der Waals surface area contributed by atoms with Crippen molar-refractivity contribution in [2.24, 2.45) is 0 Å². The molecule has 121 valence electrons. The molecule has 0 saturated carbocycles. The van der Waals surface area contributed by atoms with Crippen LogP contribution in [0.5, 0.6) is 0 Å². The normalized spacial score (nSPS) is 17.1. The van der Waals surface area contributed by atoms with E-state index in [-0.39, 0.29) is 36.3 Å². The summed E-state index contributed by atoms with van der Waals surface area (Å²) in [5, 5.41) is 0. The molecule has 1 aliphatic heterocycles. The summed E-state index contributed by atoms with van der Waals surface area (Å²) in [5.74, 6) is 0.0185. The van der Waals surface area contributed by atoms with E-state index in [9.17, 15) is 13.2 Å². The number of piperidine rings is 1. The van der Waals surface area contributed by atoms with E-state index >= 15 is 0 Å². The molecule has 21 heavy (non-hydrogen) atoms. The van der Waals surface area contributed by atoms with Gasteiger partial charge in [-0.1, -0.05) is 37.6 Å². The zero-order chi connectivity index (χ0) is 15.2. The van der Waals surface area contributed by atoms with Gasteiger partial charge in [-0.25, -0.2) is 8.42 Å². The first-order valence-electron chi connectivity index (χ1n) is 6.57. The van der Waals surface area contributed by atoms with Gasteiger partial charge in [0, 0.05) is 44.4 Å². The fourth-order valence-corrected chi connectivity index (χ4v) is 2.90. The summed E-state index contributed by atoms with van der Waals surface area (Å²) < 4.78 is 27.9. The maximum Gasteiger partial charge on any atom is 0.219 e. The van der Waals surface area contributed by atoms with Gasteiger partial charge in [-0.2, -0.15) is 0 Å². The van der Waals surface area contributed by atoms with Crippen LogP contribution in [0.3, 0.4) is 0 Å². The number of hydrogen-bond donors (Lipinski definition) is 0. The molecule has 1 fully saturated rings. The molecule has 0 aromatic rings. The van der Waals surface area contributed by atoms with E-state index in [0.717, 1.165) is 0 Å². The number of likely N-dealkylation sites (tertiary alicyclic amines) is 1. The summed E-state index contributed by atoms with van der Waals surface area (Å²) in [7, 11) is -3.67. The Kier molecular flexibility index (Phi) is 8.94. The molecule has 0 unspecified atom stereocenters. The Bertz CT molecular complexity index is 518. The van der Waals surface area contributed by atoms with Crippen molar-refractivity contribution in [2.75, 3.05) is 13.1 Å². The summed E-state index contributed by atoms with van der Waals surface area (Å²) >= 11 is 0. The fourth-order valence-electron chi connectivity index (χ4n) is 1.91. The van der Waals surface area contributed by atoms with Gasteiger partial charge in [-0.15, -0.1) is 6.04 Å². The van der Waals surface area contributed by atoms with Crippen LogP contribution < -0.4 is 0 Å². The van der Waals surface area contributed by atoms with E-state index in [0.29, 0.717) is 25.9 Å². The fraction of sp³-hybridized carbons (Fsp3) is 0.500. The van der Waals surface area contributed by atoms with Crippen LogP contribution in [-0.4, -0.2) is 38.4 Å². The van der Waals surface area contributed by atoms with Gasteiger partial charge >= 0.3 is 0 Å². The monoisotopic (exact) mass is 400 g/mol. The predicted octanol–water partition coefficient (Wildman–Crippen LogP) is 2.34. The molecule has 1 saturated heterocycles. The van der Waals surface area contributed by atoms with Crippen LogP contribution >= 0.6 is 0 Å². The molecule has 1 heterocycles. The molecule has 1 rings (SSSR count). The van der Waals surface area contributed by atoms with Crippen LogP contribution in [0.2, 0.25) is 0 Å². The van der Waals surface area contributed by atoms with Gasteiger partial charge in [0.25, 0.3) is 0 Å². The van der Waals surface area contributed by atoms with Crippen molar-refractivity contribution in [3.05, 3.63) is 40.5 Å². The largest absolute Gasteiger partial charge is 0.542 e. The topological polar surface area (TPSA) is 68.6 Å². The Morgan fingerprint density at radius 3 is 2.33 bits per heavy atom. The van der Waals surface area contributed by atoms with Gasteiger partial charge in [0.2, 0.25) is 5.91 Å².